The van der Waals surface area contributed by atoms with E-state index in [4.69, 9.17) is 9.88 Å². The van der Waals surface area contributed by atoms with Crippen molar-refractivity contribution in [2.75, 3.05) is 17.7 Å². The van der Waals surface area contributed by atoms with E-state index in [1.165, 1.54) is 18.3 Å². The first-order valence-corrected chi connectivity index (χ1v) is 12.3. The standard InChI is InChI=1S/C22H26FN5O3S/c1-14(2)17-10-16(23)11-18(15-4-6-25-7-5-15)21(17)27-20(29)13-32(24,30)19-12-26-28-8-3-9-31-22(19)28/h4-7,10-12,14,32H,3,8-9,13H2,1-2H3,(H2,24,30)(H,27,29). The average molecular weight is 460 g/mol. The topological polar surface area (TPSA) is 112 Å². The number of anilines is 1. The van der Waals surface area contributed by atoms with Gasteiger partial charge in [-0.15, -0.1) is 0 Å². The second kappa shape index (κ2) is 8.79. The lowest BCUT2D eigenvalue weighted by Crippen LogP contribution is -2.35. The highest BCUT2D eigenvalue weighted by Crippen LogP contribution is 2.36. The Morgan fingerprint density at radius 2 is 2.09 bits per heavy atom. The maximum absolute atomic E-state index is 14.4. The molecule has 32 heavy (non-hydrogen) atoms. The summed E-state index contributed by atoms with van der Waals surface area (Å²) in [7, 11) is -3.59. The lowest BCUT2D eigenvalue weighted by atomic mass is 9.94. The van der Waals surface area contributed by atoms with Crippen LogP contribution in [0.2, 0.25) is 0 Å². The van der Waals surface area contributed by atoms with Crippen LogP contribution in [0.4, 0.5) is 10.1 Å². The molecule has 0 saturated heterocycles. The number of hydrogen-bond donors (Lipinski definition) is 3. The second-order valence-corrected chi connectivity index (χ2v) is 10.5. The molecule has 3 N–H and O–H groups in total. The fraction of sp³-hybridized carbons (Fsp3) is 0.318. The Kier molecular flexibility index (Phi) is 6.07. The van der Waals surface area contributed by atoms with Gasteiger partial charge in [-0.3, -0.25) is 19.1 Å². The number of nitrogens with zero attached hydrogens (tertiary/aromatic N) is 3. The predicted octanol–water partition coefficient (Wildman–Crippen LogP) is 2.88. The Hall–Kier alpha value is -3.11. The van der Waals surface area contributed by atoms with E-state index >= 15 is 0 Å². The number of carbonyl (C=O) groups excluding carboxylic acids is 1. The van der Waals surface area contributed by atoms with Gasteiger partial charge in [-0.05, 0) is 51.4 Å². The maximum Gasteiger partial charge on any atom is 0.236 e. The summed E-state index contributed by atoms with van der Waals surface area (Å²) in [5.74, 6) is -1.08. The van der Waals surface area contributed by atoms with Gasteiger partial charge in [-0.1, -0.05) is 13.8 Å². The van der Waals surface area contributed by atoms with Gasteiger partial charge < -0.3 is 10.1 Å². The molecule has 8 nitrogen and oxygen atoms in total. The van der Waals surface area contributed by atoms with Crippen molar-refractivity contribution in [1.82, 2.24) is 14.8 Å². The Morgan fingerprint density at radius 3 is 2.81 bits per heavy atom. The number of nitrogens with two attached hydrogens (primary N) is 1. The molecule has 0 radical (unpaired) electrons. The van der Waals surface area contributed by atoms with Gasteiger partial charge in [-0.25, -0.2) is 9.07 Å². The molecule has 170 valence electrons. The molecular formula is C22H26FN5O3S. The van der Waals surface area contributed by atoms with Crippen LogP contribution >= 0.6 is 0 Å². The molecule has 3 heterocycles. The molecule has 4 rings (SSSR count). The molecule has 0 unspecified atom stereocenters. The number of halogens is 1. The van der Waals surface area contributed by atoms with E-state index in [0.29, 0.717) is 41.4 Å². The first-order valence-electron chi connectivity index (χ1n) is 10.4. The number of thiol groups is 1. The summed E-state index contributed by atoms with van der Waals surface area (Å²) in [6, 6.07) is 6.23. The SMILES string of the molecule is CC(C)c1cc(F)cc(-c2ccncc2)c1NC(=O)C[SH](N)(=O)c1cnn2c1OCCC2. The Labute approximate surface area is 186 Å². The van der Waals surface area contributed by atoms with Crippen LogP contribution in [0, 0.1) is 5.82 Å². The number of amides is 1. The normalized spacial score (nSPS) is 14.0. The van der Waals surface area contributed by atoms with Gasteiger partial charge in [0.1, 0.15) is 10.7 Å². The first-order chi connectivity index (χ1) is 15.3. The van der Waals surface area contributed by atoms with Gasteiger partial charge in [-0.2, -0.15) is 5.10 Å². The quantitative estimate of drug-likeness (QED) is 0.491. The minimum atomic E-state index is -3.59. The largest absolute Gasteiger partial charge is 0.477 e. The van der Waals surface area contributed by atoms with E-state index in [2.05, 4.69) is 15.4 Å². The highest BCUT2D eigenvalue weighted by atomic mass is 32.3. The molecule has 1 amide bonds. The zero-order valence-corrected chi connectivity index (χ0v) is 18.8. The molecule has 0 bridgehead atoms. The number of aromatic nitrogens is 3. The van der Waals surface area contributed by atoms with Gasteiger partial charge in [0.25, 0.3) is 0 Å². The van der Waals surface area contributed by atoms with E-state index < -0.39 is 27.6 Å². The summed E-state index contributed by atoms with van der Waals surface area (Å²) in [6.07, 6.45) is 5.40. The van der Waals surface area contributed by atoms with Crippen LogP contribution in [0.5, 0.6) is 5.88 Å². The third-order valence-corrected chi connectivity index (χ3v) is 7.20. The molecule has 0 spiro atoms. The number of fused-ring (bicyclic) bond motifs is 1. The minimum Gasteiger partial charge on any atom is -0.477 e. The third kappa shape index (κ3) is 4.42. The van der Waals surface area contributed by atoms with Crippen molar-refractivity contribution in [3.8, 4) is 17.0 Å². The van der Waals surface area contributed by atoms with Crippen LogP contribution in [0.25, 0.3) is 11.1 Å². The van der Waals surface area contributed by atoms with E-state index in [0.717, 1.165) is 6.42 Å². The zero-order chi connectivity index (χ0) is 22.9. The molecule has 0 fully saturated rings. The second-order valence-electron chi connectivity index (χ2n) is 8.07. The minimum absolute atomic E-state index is 0.0673. The lowest BCUT2D eigenvalue weighted by Gasteiger charge is -2.23. The summed E-state index contributed by atoms with van der Waals surface area (Å²) in [5.41, 5.74) is 2.31. The molecule has 1 aromatic carbocycles. The molecule has 0 atom stereocenters. The molecule has 0 saturated carbocycles. The molecule has 2 aromatic heterocycles. The number of benzene rings is 1. The summed E-state index contributed by atoms with van der Waals surface area (Å²) in [5, 5.41) is 13.1. The molecule has 10 heteroatoms. The molecule has 1 aliphatic rings. The predicted molar refractivity (Wildman–Crippen MR) is 122 cm³/mol. The molecule has 0 aliphatic carbocycles. The number of ether oxygens (including phenoxy) is 1. The number of hydrogen-bond acceptors (Lipinski definition) is 5. The van der Waals surface area contributed by atoms with Gasteiger partial charge in [0.15, 0.2) is 0 Å². The molecule has 3 aromatic rings. The zero-order valence-electron chi connectivity index (χ0n) is 17.9. The van der Waals surface area contributed by atoms with E-state index in [9.17, 15) is 13.4 Å². The lowest BCUT2D eigenvalue weighted by molar-refractivity contribution is -0.113. The molecule has 1 aliphatic heterocycles. The monoisotopic (exact) mass is 459 g/mol. The summed E-state index contributed by atoms with van der Waals surface area (Å²) < 4.78 is 34.9. The van der Waals surface area contributed by atoms with Crippen LogP contribution in [-0.4, -0.2) is 37.2 Å². The van der Waals surface area contributed by atoms with Crippen LogP contribution in [0.1, 0.15) is 31.7 Å². The first kappa shape index (κ1) is 22.1. The summed E-state index contributed by atoms with van der Waals surface area (Å²) in [4.78, 5) is 17.3. The highest BCUT2D eigenvalue weighted by molar-refractivity contribution is 8.01. The van der Waals surface area contributed by atoms with Crippen molar-refractivity contribution in [2.45, 2.75) is 37.6 Å². The fourth-order valence-corrected chi connectivity index (χ4v) is 5.20. The van der Waals surface area contributed by atoms with Crippen LogP contribution in [0.3, 0.4) is 0 Å². The van der Waals surface area contributed by atoms with E-state index in [1.807, 2.05) is 13.8 Å². The number of rotatable bonds is 6. The Balaban J connectivity index is 1.66. The Morgan fingerprint density at radius 1 is 1.34 bits per heavy atom. The van der Waals surface area contributed by atoms with Gasteiger partial charge in [0, 0.05) is 30.9 Å². The smallest absolute Gasteiger partial charge is 0.236 e. The third-order valence-electron chi connectivity index (χ3n) is 5.32. The number of nitrogens with one attached hydrogen (secondary N) is 1. The summed E-state index contributed by atoms with van der Waals surface area (Å²) >= 11 is 0. The van der Waals surface area contributed by atoms with Gasteiger partial charge in [0.2, 0.25) is 11.8 Å². The maximum atomic E-state index is 14.4. The van der Waals surface area contributed by atoms with E-state index in [-0.39, 0.29) is 10.8 Å². The Bertz CT molecular complexity index is 1200. The highest BCUT2D eigenvalue weighted by Gasteiger charge is 2.28. The van der Waals surface area contributed by atoms with Crippen molar-refractivity contribution in [1.29, 1.82) is 0 Å². The van der Waals surface area contributed by atoms with Crippen molar-refractivity contribution in [2.24, 2.45) is 5.14 Å². The van der Waals surface area contributed by atoms with Crippen LogP contribution < -0.4 is 15.2 Å². The van der Waals surface area contributed by atoms with Crippen molar-refractivity contribution in [3.05, 3.63) is 54.2 Å². The summed E-state index contributed by atoms with van der Waals surface area (Å²) in [6.45, 7) is 4.94. The van der Waals surface area contributed by atoms with Crippen molar-refractivity contribution >= 4 is 21.7 Å². The van der Waals surface area contributed by atoms with Crippen LogP contribution in [0.15, 0.2) is 47.8 Å². The van der Waals surface area contributed by atoms with Gasteiger partial charge >= 0.3 is 0 Å². The van der Waals surface area contributed by atoms with Crippen molar-refractivity contribution in [3.63, 3.8) is 0 Å². The van der Waals surface area contributed by atoms with Crippen molar-refractivity contribution < 1.29 is 18.1 Å². The van der Waals surface area contributed by atoms with E-state index in [1.54, 1.807) is 29.2 Å². The average Bonchev–Trinajstić information content (AvgIpc) is 3.20. The molecular weight excluding hydrogens is 433 g/mol. The number of pyridine rings is 1. The fourth-order valence-electron chi connectivity index (χ4n) is 3.77. The van der Waals surface area contributed by atoms with Crippen LogP contribution in [-0.2, 0) is 21.5 Å². The van der Waals surface area contributed by atoms with Gasteiger partial charge in [0.05, 0.1) is 24.2 Å². The number of carbonyl (C=O) groups is 1. The number of aryl methyl sites for hydroxylation is 1.